The summed E-state index contributed by atoms with van der Waals surface area (Å²) in [7, 11) is -3.21. The van der Waals surface area contributed by atoms with Crippen LogP contribution in [-0.4, -0.2) is 44.0 Å². The van der Waals surface area contributed by atoms with E-state index in [2.05, 4.69) is 6.58 Å². The number of halogens is 1. The zero-order valence-electron chi connectivity index (χ0n) is 11.5. The molecular weight excluding hydrogens is 295 g/mol. The average Bonchev–Trinajstić information content (AvgIpc) is 2.78. The molecule has 0 radical (unpaired) electrons. The van der Waals surface area contributed by atoms with E-state index >= 15 is 0 Å². The van der Waals surface area contributed by atoms with Crippen LogP contribution in [0.1, 0.15) is 6.42 Å². The van der Waals surface area contributed by atoms with Crippen LogP contribution in [0.4, 0.5) is 10.1 Å². The molecule has 114 valence electrons. The molecule has 0 saturated carbocycles. The molecule has 1 heterocycles. The first-order valence-corrected chi connectivity index (χ1v) is 8.22. The average molecular weight is 312 g/mol. The van der Waals surface area contributed by atoms with Crippen LogP contribution in [0.2, 0.25) is 0 Å². The Balaban J connectivity index is 2.14. The lowest BCUT2D eigenvalue weighted by Gasteiger charge is -2.24. The van der Waals surface area contributed by atoms with Gasteiger partial charge in [-0.3, -0.25) is 4.79 Å². The summed E-state index contributed by atoms with van der Waals surface area (Å²) in [4.78, 5) is 13.2. The zero-order valence-corrected chi connectivity index (χ0v) is 12.4. The number of hydrogen-bond donors (Lipinski definition) is 0. The molecule has 1 aliphatic rings. The van der Waals surface area contributed by atoms with Gasteiger partial charge in [-0.25, -0.2) is 17.1 Å². The van der Waals surface area contributed by atoms with Crippen molar-refractivity contribution >= 4 is 21.6 Å². The summed E-state index contributed by atoms with van der Waals surface area (Å²) in [5.41, 5.74) is 0.386. The SMILES string of the molecule is C=CC(=O)N(CCN1CCCS1(=O)=O)c1cccc(F)c1. The van der Waals surface area contributed by atoms with E-state index in [9.17, 15) is 17.6 Å². The third kappa shape index (κ3) is 3.68. The van der Waals surface area contributed by atoms with Gasteiger partial charge in [0.05, 0.1) is 5.75 Å². The molecule has 0 aliphatic carbocycles. The highest BCUT2D eigenvalue weighted by molar-refractivity contribution is 7.89. The van der Waals surface area contributed by atoms with Gasteiger partial charge < -0.3 is 4.90 Å². The van der Waals surface area contributed by atoms with E-state index < -0.39 is 21.7 Å². The van der Waals surface area contributed by atoms with Gasteiger partial charge in [-0.05, 0) is 30.7 Å². The fraction of sp³-hybridized carbons (Fsp3) is 0.357. The third-order valence-corrected chi connectivity index (χ3v) is 5.29. The molecule has 0 unspecified atom stereocenters. The van der Waals surface area contributed by atoms with E-state index in [4.69, 9.17) is 0 Å². The molecule has 2 rings (SSSR count). The van der Waals surface area contributed by atoms with Crippen LogP contribution in [-0.2, 0) is 14.8 Å². The minimum Gasteiger partial charge on any atom is -0.307 e. The Morgan fingerprint density at radius 3 is 2.81 bits per heavy atom. The standard InChI is InChI=1S/C14H17FN2O3S/c1-2-14(18)17(13-6-3-5-12(15)11-13)9-8-16-7-4-10-21(16,19)20/h2-3,5-6,11H,1,4,7-10H2. The van der Waals surface area contributed by atoms with Gasteiger partial charge in [-0.1, -0.05) is 12.6 Å². The van der Waals surface area contributed by atoms with E-state index in [-0.39, 0.29) is 18.8 Å². The van der Waals surface area contributed by atoms with Crippen LogP contribution in [0.25, 0.3) is 0 Å². The zero-order chi connectivity index (χ0) is 15.5. The van der Waals surface area contributed by atoms with Crippen molar-refractivity contribution in [3.63, 3.8) is 0 Å². The number of amides is 1. The first kappa shape index (κ1) is 15.7. The smallest absolute Gasteiger partial charge is 0.250 e. The van der Waals surface area contributed by atoms with Crippen LogP contribution in [0.15, 0.2) is 36.9 Å². The predicted molar refractivity (Wildman–Crippen MR) is 78.9 cm³/mol. The van der Waals surface area contributed by atoms with Crippen molar-refractivity contribution in [1.82, 2.24) is 4.31 Å². The normalized spacial score (nSPS) is 17.6. The summed E-state index contributed by atoms with van der Waals surface area (Å²) in [6.07, 6.45) is 1.72. The molecule has 1 amide bonds. The lowest BCUT2D eigenvalue weighted by Crippen LogP contribution is -2.38. The Labute approximate surface area is 123 Å². The van der Waals surface area contributed by atoms with Gasteiger partial charge in [0.15, 0.2) is 0 Å². The maximum absolute atomic E-state index is 13.3. The van der Waals surface area contributed by atoms with Crippen molar-refractivity contribution < 1.29 is 17.6 Å². The van der Waals surface area contributed by atoms with Gasteiger partial charge in [0.1, 0.15) is 5.82 Å². The number of carbonyl (C=O) groups is 1. The van der Waals surface area contributed by atoms with E-state index in [1.54, 1.807) is 6.07 Å². The highest BCUT2D eigenvalue weighted by Gasteiger charge is 2.28. The minimum absolute atomic E-state index is 0.141. The highest BCUT2D eigenvalue weighted by atomic mass is 32.2. The quantitative estimate of drug-likeness (QED) is 0.772. The van der Waals surface area contributed by atoms with Gasteiger partial charge >= 0.3 is 0 Å². The monoisotopic (exact) mass is 312 g/mol. The molecule has 0 bridgehead atoms. The fourth-order valence-electron chi connectivity index (χ4n) is 2.27. The third-order valence-electron chi connectivity index (χ3n) is 3.34. The lowest BCUT2D eigenvalue weighted by atomic mass is 10.2. The molecule has 1 aliphatic heterocycles. The number of sulfonamides is 1. The van der Waals surface area contributed by atoms with Crippen molar-refractivity contribution in [3.8, 4) is 0 Å². The van der Waals surface area contributed by atoms with E-state index in [1.807, 2.05) is 0 Å². The summed E-state index contributed by atoms with van der Waals surface area (Å²) < 4.78 is 38.1. The van der Waals surface area contributed by atoms with E-state index in [0.717, 1.165) is 6.08 Å². The molecule has 21 heavy (non-hydrogen) atoms. The first-order chi connectivity index (χ1) is 9.94. The Morgan fingerprint density at radius 2 is 2.24 bits per heavy atom. The molecule has 0 atom stereocenters. The van der Waals surface area contributed by atoms with Crippen molar-refractivity contribution in [3.05, 3.63) is 42.7 Å². The lowest BCUT2D eigenvalue weighted by molar-refractivity contribution is -0.114. The maximum atomic E-state index is 13.3. The van der Waals surface area contributed by atoms with Crippen LogP contribution in [0.3, 0.4) is 0 Å². The number of nitrogens with zero attached hydrogens (tertiary/aromatic N) is 2. The molecule has 1 aromatic rings. The number of hydrogen-bond acceptors (Lipinski definition) is 3. The van der Waals surface area contributed by atoms with Crippen molar-refractivity contribution in [2.24, 2.45) is 0 Å². The molecular formula is C14H17FN2O3S. The molecule has 7 heteroatoms. The number of rotatable bonds is 5. The Morgan fingerprint density at radius 1 is 1.48 bits per heavy atom. The molecule has 0 N–H and O–H groups in total. The van der Waals surface area contributed by atoms with Crippen LogP contribution >= 0.6 is 0 Å². The maximum Gasteiger partial charge on any atom is 0.250 e. The fourth-order valence-corrected chi connectivity index (χ4v) is 3.79. The van der Waals surface area contributed by atoms with Crippen LogP contribution < -0.4 is 4.90 Å². The summed E-state index contributed by atoms with van der Waals surface area (Å²) in [6.45, 7) is 4.23. The highest BCUT2D eigenvalue weighted by Crippen LogP contribution is 2.18. The van der Waals surface area contributed by atoms with Crippen molar-refractivity contribution in [2.75, 3.05) is 30.3 Å². The summed E-state index contributed by atoms with van der Waals surface area (Å²) in [5, 5.41) is 0. The Bertz CT molecular complexity index is 645. The number of anilines is 1. The van der Waals surface area contributed by atoms with Crippen molar-refractivity contribution in [1.29, 1.82) is 0 Å². The number of benzene rings is 1. The largest absolute Gasteiger partial charge is 0.307 e. The van der Waals surface area contributed by atoms with Gasteiger partial charge in [0.2, 0.25) is 15.9 Å². The van der Waals surface area contributed by atoms with E-state index in [1.165, 1.54) is 27.4 Å². The number of carbonyl (C=O) groups excluding carboxylic acids is 1. The second-order valence-electron chi connectivity index (χ2n) is 4.74. The molecule has 5 nitrogen and oxygen atoms in total. The van der Waals surface area contributed by atoms with Gasteiger partial charge in [0.25, 0.3) is 0 Å². The van der Waals surface area contributed by atoms with Gasteiger partial charge in [-0.15, -0.1) is 0 Å². The van der Waals surface area contributed by atoms with Crippen molar-refractivity contribution in [2.45, 2.75) is 6.42 Å². The van der Waals surface area contributed by atoms with Crippen LogP contribution in [0, 0.1) is 5.82 Å². The van der Waals surface area contributed by atoms with E-state index in [0.29, 0.717) is 18.7 Å². The molecule has 0 spiro atoms. The summed E-state index contributed by atoms with van der Waals surface area (Å²) in [6, 6.07) is 5.62. The minimum atomic E-state index is -3.21. The summed E-state index contributed by atoms with van der Waals surface area (Å²) >= 11 is 0. The predicted octanol–water partition coefficient (Wildman–Crippen LogP) is 1.38. The topological polar surface area (TPSA) is 57.7 Å². The Hall–Kier alpha value is -1.73. The van der Waals surface area contributed by atoms with Gasteiger partial charge in [-0.2, -0.15) is 0 Å². The molecule has 1 fully saturated rings. The Kier molecular flexibility index (Phi) is 4.74. The van der Waals surface area contributed by atoms with Gasteiger partial charge in [0, 0.05) is 25.3 Å². The second kappa shape index (κ2) is 6.36. The first-order valence-electron chi connectivity index (χ1n) is 6.61. The van der Waals surface area contributed by atoms with Crippen LogP contribution in [0.5, 0.6) is 0 Å². The molecule has 0 aromatic heterocycles. The summed E-state index contributed by atoms with van der Waals surface area (Å²) in [5.74, 6) is -0.706. The molecule has 1 aromatic carbocycles. The molecule has 1 saturated heterocycles. The second-order valence-corrected chi connectivity index (χ2v) is 6.83.